The van der Waals surface area contributed by atoms with E-state index in [1.165, 1.54) is 0 Å². The van der Waals surface area contributed by atoms with E-state index in [-0.39, 0.29) is 35.0 Å². The molecule has 1 unspecified atom stereocenters. The van der Waals surface area contributed by atoms with Gasteiger partial charge >= 0.3 is 0 Å². The van der Waals surface area contributed by atoms with Crippen molar-refractivity contribution in [1.82, 2.24) is 0 Å². The van der Waals surface area contributed by atoms with Crippen molar-refractivity contribution in [1.29, 1.82) is 0 Å². The second-order valence-electron chi connectivity index (χ2n) is 5.53. The summed E-state index contributed by atoms with van der Waals surface area (Å²) < 4.78 is 15.3. The molecule has 145 valence electrons. The predicted octanol–water partition coefficient (Wildman–Crippen LogP) is -6.60. The van der Waals surface area contributed by atoms with Crippen LogP contribution in [0.5, 0.6) is 0 Å². The van der Waals surface area contributed by atoms with Gasteiger partial charge in [-0.3, -0.25) is 0 Å². The van der Waals surface area contributed by atoms with E-state index < -0.39 is 74.6 Å². The molecule has 12 nitrogen and oxygen atoms in total. The topological polar surface area (TPSA) is 221 Å². The van der Waals surface area contributed by atoms with Gasteiger partial charge in [0.25, 0.3) is 0 Å². The van der Waals surface area contributed by atoms with Crippen molar-refractivity contribution >= 4 is 29.6 Å². The van der Waals surface area contributed by atoms with E-state index in [0.29, 0.717) is 0 Å². The van der Waals surface area contributed by atoms with E-state index in [2.05, 4.69) is 0 Å². The van der Waals surface area contributed by atoms with Gasteiger partial charge in [-0.25, -0.2) is 0 Å². The summed E-state index contributed by atoms with van der Waals surface area (Å²) in [6.45, 7) is -1.35. The molecule has 2 heterocycles. The summed E-state index contributed by atoms with van der Waals surface area (Å²) in [5, 5.41) is 76.5. The third kappa shape index (κ3) is 5.28. The number of aliphatic hydroxyl groups is 8. The van der Waals surface area contributed by atoms with Crippen molar-refractivity contribution in [3.05, 3.63) is 0 Å². The summed E-state index contributed by atoms with van der Waals surface area (Å²) >= 11 is 0. The third-order valence-corrected chi connectivity index (χ3v) is 3.98. The summed E-state index contributed by atoms with van der Waals surface area (Å²) in [6, 6.07) is 0. The van der Waals surface area contributed by atoms with E-state index in [1.54, 1.807) is 0 Å². The zero-order chi connectivity index (χ0) is 17.3. The molecule has 0 saturated carbocycles. The largest absolute Gasteiger partial charge is 0.412 e. The maximum atomic E-state index is 9.94. The molecule has 2 saturated heterocycles. The van der Waals surface area contributed by atoms with Crippen LogP contribution in [0.2, 0.25) is 0 Å². The van der Waals surface area contributed by atoms with Gasteiger partial charge in [-0.05, 0) is 0 Å². The van der Waals surface area contributed by atoms with E-state index in [9.17, 15) is 35.7 Å². The molecule has 2 aliphatic rings. The zero-order valence-electron chi connectivity index (χ0n) is 13.5. The smallest absolute Gasteiger partial charge is 0.187 e. The van der Waals surface area contributed by atoms with Crippen molar-refractivity contribution in [3.8, 4) is 0 Å². The molecule has 25 heavy (non-hydrogen) atoms. The zero-order valence-corrected chi connectivity index (χ0v) is 15.5. The van der Waals surface area contributed by atoms with Gasteiger partial charge in [0.05, 0.1) is 13.2 Å². The molecule has 0 amide bonds. The summed E-state index contributed by atoms with van der Waals surface area (Å²) in [5.41, 5.74) is 0. The van der Waals surface area contributed by atoms with Gasteiger partial charge in [0, 0.05) is 29.6 Å². The molecule has 13 heteroatoms. The first-order valence-corrected chi connectivity index (χ1v) is 7.08. The fourth-order valence-electron chi connectivity index (χ4n) is 2.57. The van der Waals surface area contributed by atoms with Crippen LogP contribution in [0.1, 0.15) is 0 Å². The van der Waals surface area contributed by atoms with Crippen LogP contribution in [0.3, 0.4) is 0 Å². The Morgan fingerprint density at radius 3 is 1.76 bits per heavy atom. The van der Waals surface area contributed by atoms with E-state index >= 15 is 0 Å². The molecule has 1 radical (unpaired) electrons. The Kier molecular flexibility index (Phi) is 11.0. The Hall–Kier alpha value is 0.520. The van der Waals surface area contributed by atoms with Crippen LogP contribution in [-0.4, -0.2) is 151 Å². The third-order valence-electron chi connectivity index (χ3n) is 3.98. The summed E-state index contributed by atoms with van der Waals surface area (Å²) in [6.07, 6.45) is -15.6. The molecule has 10 N–H and O–H groups in total. The van der Waals surface area contributed by atoms with Gasteiger partial charge < -0.3 is 60.5 Å². The molecule has 10 atom stereocenters. The molecule has 0 aromatic rings. The van der Waals surface area contributed by atoms with Gasteiger partial charge in [0.15, 0.2) is 12.6 Å². The first-order chi connectivity index (χ1) is 10.8. The number of hydrogen-bond acceptors (Lipinski definition) is 11. The average molecular weight is 383 g/mol. The molecule has 0 bridgehead atoms. The van der Waals surface area contributed by atoms with E-state index in [4.69, 9.17) is 19.3 Å². The normalized spacial score (nSPS) is 47.5. The monoisotopic (exact) mass is 383 g/mol. The van der Waals surface area contributed by atoms with E-state index in [1.807, 2.05) is 0 Å². The van der Waals surface area contributed by atoms with E-state index in [0.717, 1.165) is 0 Å². The van der Waals surface area contributed by atoms with Gasteiger partial charge in [0.2, 0.25) is 0 Å². The Bertz CT molecular complexity index is 385. The van der Waals surface area contributed by atoms with Gasteiger partial charge in [0.1, 0.15) is 48.8 Å². The molecule has 0 spiro atoms. The van der Waals surface area contributed by atoms with Crippen molar-refractivity contribution in [2.75, 3.05) is 13.2 Å². The number of rotatable bonds is 4. The standard InChI is InChI=1S/C12H22O11.Na.H2O/c13-1-3-5(15)6(16)9(19)12(22-3)23-10-4(2-14)21-11(20)8(18)7(10)17;;/h3-20H,1-2H2;;1H2/t3-,4-,5+,6+,7-,8-,9-,10-,11?,12+;;/m1../s1. The molecule has 2 aliphatic heterocycles. The van der Waals surface area contributed by atoms with Gasteiger partial charge in [-0.2, -0.15) is 0 Å². The fourth-order valence-corrected chi connectivity index (χ4v) is 2.57. The molecule has 2 fully saturated rings. The van der Waals surface area contributed by atoms with Crippen LogP contribution in [0.25, 0.3) is 0 Å². The second-order valence-corrected chi connectivity index (χ2v) is 5.53. The van der Waals surface area contributed by atoms with Gasteiger partial charge in [-0.15, -0.1) is 0 Å². The van der Waals surface area contributed by atoms with Crippen LogP contribution in [-0.2, 0) is 14.2 Å². The molecule has 0 aliphatic carbocycles. The van der Waals surface area contributed by atoms with Crippen molar-refractivity contribution in [2.45, 2.75) is 61.4 Å². The van der Waals surface area contributed by atoms with Crippen molar-refractivity contribution < 1.29 is 60.5 Å². The van der Waals surface area contributed by atoms with Crippen LogP contribution in [0, 0.1) is 0 Å². The fraction of sp³-hybridized carbons (Fsp3) is 1.00. The quantitative estimate of drug-likeness (QED) is 0.213. The summed E-state index contributed by atoms with van der Waals surface area (Å²) in [4.78, 5) is 0. The Morgan fingerprint density at radius 2 is 1.24 bits per heavy atom. The second kappa shape index (κ2) is 10.8. The van der Waals surface area contributed by atoms with Crippen LogP contribution >= 0.6 is 0 Å². The van der Waals surface area contributed by atoms with Crippen molar-refractivity contribution in [2.24, 2.45) is 0 Å². The molecular weight excluding hydrogens is 359 g/mol. The average Bonchev–Trinajstić information content (AvgIpc) is 2.55. The minimum absolute atomic E-state index is 0. The Balaban J connectivity index is 0.00000288. The number of hydrogen-bond donors (Lipinski definition) is 8. The van der Waals surface area contributed by atoms with Crippen LogP contribution < -0.4 is 0 Å². The van der Waals surface area contributed by atoms with Gasteiger partial charge in [-0.1, -0.05) is 0 Å². The number of ether oxygens (including phenoxy) is 3. The predicted molar refractivity (Wildman–Crippen MR) is 78.0 cm³/mol. The summed E-state index contributed by atoms with van der Waals surface area (Å²) in [5.74, 6) is 0. The molecular formula is C12H24NaO12. The summed E-state index contributed by atoms with van der Waals surface area (Å²) in [7, 11) is 0. The minimum Gasteiger partial charge on any atom is -0.412 e. The minimum atomic E-state index is -1.74. The maximum Gasteiger partial charge on any atom is 0.187 e. The van der Waals surface area contributed by atoms with Crippen LogP contribution in [0.4, 0.5) is 0 Å². The molecule has 2 rings (SSSR count). The maximum absolute atomic E-state index is 9.94. The first-order valence-electron chi connectivity index (χ1n) is 7.08. The first kappa shape index (κ1) is 25.5. The molecule has 0 aromatic heterocycles. The number of aliphatic hydroxyl groups excluding tert-OH is 8. The Morgan fingerprint density at radius 1 is 0.680 bits per heavy atom. The van der Waals surface area contributed by atoms with Crippen molar-refractivity contribution in [3.63, 3.8) is 0 Å². The SMILES string of the molecule is O.OC[C@H]1O[C@@H](O[C@H]2[C@H](O)[C@@H](O)C(O)O[C@@H]2CO)[C@H](O)[C@@H](O)[C@H]1O.[Na]. The van der Waals surface area contributed by atoms with Crippen LogP contribution in [0.15, 0.2) is 0 Å². The Labute approximate surface area is 164 Å². The molecule has 0 aromatic carbocycles.